The molecule has 1 saturated carbocycles. The third kappa shape index (κ3) is 3.87. The van der Waals surface area contributed by atoms with Crippen LogP contribution in [-0.4, -0.2) is 24.0 Å². The lowest BCUT2D eigenvalue weighted by molar-refractivity contribution is -0.00952. The fourth-order valence-corrected chi connectivity index (χ4v) is 4.44. The van der Waals surface area contributed by atoms with Crippen molar-refractivity contribution in [3.63, 3.8) is 0 Å². The Labute approximate surface area is 156 Å². The number of anilines is 1. The average molecular weight is 361 g/mol. The standard InChI is InChI=1S/C21H29ClN2O/c1-4-5-11-24(20(25)23-18-8-6-7-17(22)13-18)14-15-9-10-16-12-19(15)21(16,2)3/h6-9,13,16,19H,4-5,10-12,14H2,1-3H3,(H,23,25). The van der Waals surface area contributed by atoms with Gasteiger partial charge in [-0.1, -0.05) is 56.5 Å². The van der Waals surface area contributed by atoms with Gasteiger partial charge in [0.2, 0.25) is 0 Å². The number of carbonyl (C=O) groups is 1. The number of nitrogens with one attached hydrogen (secondary N) is 1. The minimum atomic E-state index is -0.0316. The number of rotatable bonds is 6. The first-order valence-electron chi connectivity index (χ1n) is 9.42. The number of unbranched alkanes of at least 4 members (excludes halogenated alkanes) is 1. The molecule has 0 heterocycles. The van der Waals surface area contributed by atoms with E-state index in [1.165, 1.54) is 12.0 Å². The zero-order chi connectivity index (χ0) is 18.0. The highest BCUT2D eigenvalue weighted by Crippen LogP contribution is 2.59. The number of hydrogen-bond acceptors (Lipinski definition) is 1. The number of allylic oxidation sites excluding steroid dienone is 1. The molecule has 136 valence electrons. The highest BCUT2D eigenvalue weighted by Gasteiger charge is 2.51. The predicted octanol–water partition coefficient (Wildman–Crippen LogP) is 5.97. The van der Waals surface area contributed by atoms with E-state index >= 15 is 0 Å². The van der Waals surface area contributed by atoms with Crippen molar-refractivity contribution in [1.82, 2.24) is 4.90 Å². The van der Waals surface area contributed by atoms with Gasteiger partial charge in [0.25, 0.3) is 0 Å². The second kappa shape index (κ2) is 7.41. The van der Waals surface area contributed by atoms with Crippen LogP contribution in [0.2, 0.25) is 5.02 Å². The van der Waals surface area contributed by atoms with Gasteiger partial charge in [-0.2, -0.15) is 0 Å². The summed E-state index contributed by atoms with van der Waals surface area (Å²) in [4.78, 5) is 14.8. The maximum absolute atomic E-state index is 12.8. The van der Waals surface area contributed by atoms with Crippen LogP contribution in [0.25, 0.3) is 0 Å². The largest absolute Gasteiger partial charge is 0.322 e. The number of fused-ring (bicyclic) bond motifs is 1. The molecule has 1 N–H and O–H groups in total. The highest BCUT2D eigenvalue weighted by molar-refractivity contribution is 6.30. The van der Waals surface area contributed by atoms with E-state index in [1.807, 2.05) is 23.1 Å². The smallest absolute Gasteiger partial charge is 0.321 e. The summed E-state index contributed by atoms with van der Waals surface area (Å²) in [6.07, 6.45) is 6.94. The summed E-state index contributed by atoms with van der Waals surface area (Å²) in [5.41, 5.74) is 2.59. The molecule has 2 bridgehead atoms. The maximum Gasteiger partial charge on any atom is 0.322 e. The van der Waals surface area contributed by atoms with Gasteiger partial charge >= 0.3 is 6.03 Å². The number of urea groups is 1. The topological polar surface area (TPSA) is 32.3 Å². The normalized spacial score (nSPS) is 23.4. The van der Waals surface area contributed by atoms with E-state index in [2.05, 4.69) is 32.2 Å². The quantitative estimate of drug-likeness (QED) is 0.623. The van der Waals surface area contributed by atoms with Crippen LogP contribution in [-0.2, 0) is 0 Å². The summed E-state index contributed by atoms with van der Waals surface area (Å²) in [7, 11) is 0. The third-order valence-corrected chi connectivity index (χ3v) is 6.34. The SMILES string of the molecule is CCCCN(CC1=CCC2CC1C2(C)C)C(=O)Nc1cccc(Cl)c1. The molecule has 3 aliphatic rings. The van der Waals surface area contributed by atoms with E-state index in [9.17, 15) is 4.79 Å². The summed E-state index contributed by atoms with van der Waals surface area (Å²) in [5.74, 6) is 1.46. The number of amides is 2. The van der Waals surface area contributed by atoms with Crippen molar-refractivity contribution in [2.75, 3.05) is 18.4 Å². The van der Waals surface area contributed by atoms with Crippen LogP contribution in [0.3, 0.4) is 0 Å². The molecule has 1 fully saturated rings. The van der Waals surface area contributed by atoms with E-state index in [0.29, 0.717) is 16.4 Å². The zero-order valence-corrected chi connectivity index (χ0v) is 16.3. The van der Waals surface area contributed by atoms with E-state index < -0.39 is 0 Å². The summed E-state index contributed by atoms with van der Waals surface area (Å²) in [6.45, 7) is 8.44. The van der Waals surface area contributed by atoms with E-state index in [0.717, 1.165) is 44.0 Å². The minimum absolute atomic E-state index is 0.0316. The molecule has 0 aliphatic heterocycles. The molecule has 0 spiro atoms. The molecule has 0 aromatic heterocycles. The molecule has 4 rings (SSSR count). The Bertz CT molecular complexity index is 668. The Balaban J connectivity index is 1.69. The Kier molecular flexibility index (Phi) is 5.43. The van der Waals surface area contributed by atoms with Gasteiger partial charge in [-0.25, -0.2) is 4.79 Å². The summed E-state index contributed by atoms with van der Waals surface area (Å²) >= 11 is 6.03. The van der Waals surface area contributed by atoms with Crippen LogP contribution in [0.1, 0.15) is 46.5 Å². The molecular weight excluding hydrogens is 332 g/mol. The van der Waals surface area contributed by atoms with Crippen molar-refractivity contribution >= 4 is 23.3 Å². The lowest BCUT2D eigenvalue weighted by atomic mass is 9.49. The molecular formula is C21H29ClN2O. The highest BCUT2D eigenvalue weighted by atomic mass is 35.5. The first-order valence-corrected chi connectivity index (χ1v) is 9.80. The summed E-state index contributed by atoms with van der Waals surface area (Å²) < 4.78 is 0. The molecule has 2 unspecified atom stereocenters. The Hall–Kier alpha value is -1.48. The summed E-state index contributed by atoms with van der Waals surface area (Å²) in [6, 6.07) is 7.30. The molecule has 0 radical (unpaired) electrons. The molecule has 25 heavy (non-hydrogen) atoms. The van der Waals surface area contributed by atoms with Crippen LogP contribution in [0, 0.1) is 17.3 Å². The van der Waals surface area contributed by atoms with E-state index in [1.54, 1.807) is 6.07 Å². The van der Waals surface area contributed by atoms with Crippen LogP contribution < -0.4 is 5.32 Å². The molecule has 4 heteroatoms. The fraction of sp³-hybridized carbons (Fsp3) is 0.571. The Morgan fingerprint density at radius 2 is 2.20 bits per heavy atom. The second-order valence-electron chi connectivity index (χ2n) is 8.04. The monoisotopic (exact) mass is 360 g/mol. The third-order valence-electron chi connectivity index (χ3n) is 6.10. The minimum Gasteiger partial charge on any atom is -0.321 e. The van der Waals surface area contributed by atoms with Gasteiger partial charge < -0.3 is 10.2 Å². The Morgan fingerprint density at radius 3 is 2.84 bits per heavy atom. The van der Waals surface area contributed by atoms with Crippen LogP contribution in [0.5, 0.6) is 0 Å². The van der Waals surface area contributed by atoms with Gasteiger partial charge in [-0.3, -0.25) is 0 Å². The van der Waals surface area contributed by atoms with Gasteiger partial charge in [0.1, 0.15) is 0 Å². The molecule has 2 atom stereocenters. The van der Waals surface area contributed by atoms with E-state index in [4.69, 9.17) is 11.6 Å². The number of hydrogen-bond donors (Lipinski definition) is 1. The van der Waals surface area contributed by atoms with Crippen LogP contribution in [0.15, 0.2) is 35.9 Å². The average Bonchev–Trinajstić information content (AvgIpc) is 2.58. The molecule has 1 aromatic rings. The van der Waals surface area contributed by atoms with Crippen LogP contribution >= 0.6 is 11.6 Å². The van der Waals surface area contributed by atoms with Crippen molar-refractivity contribution < 1.29 is 4.79 Å². The van der Waals surface area contributed by atoms with Gasteiger partial charge in [0, 0.05) is 23.8 Å². The van der Waals surface area contributed by atoms with Gasteiger partial charge in [-0.15, -0.1) is 0 Å². The number of carbonyl (C=O) groups excluding carboxylic acids is 1. The predicted molar refractivity (Wildman–Crippen MR) is 105 cm³/mol. The summed E-state index contributed by atoms with van der Waals surface area (Å²) in [5, 5.41) is 3.64. The number of halogens is 1. The van der Waals surface area contributed by atoms with Gasteiger partial charge in [0.15, 0.2) is 0 Å². The lowest BCUT2D eigenvalue weighted by Gasteiger charge is -2.57. The lowest BCUT2D eigenvalue weighted by Crippen LogP contribution is -2.50. The molecule has 1 aromatic carbocycles. The number of nitrogens with zero attached hydrogens (tertiary/aromatic N) is 1. The van der Waals surface area contributed by atoms with E-state index in [-0.39, 0.29) is 6.03 Å². The molecule has 3 nitrogen and oxygen atoms in total. The van der Waals surface area contributed by atoms with Gasteiger partial charge in [-0.05, 0) is 54.7 Å². The van der Waals surface area contributed by atoms with Crippen molar-refractivity contribution in [2.45, 2.75) is 46.5 Å². The van der Waals surface area contributed by atoms with Crippen LogP contribution in [0.4, 0.5) is 10.5 Å². The van der Waals surface area contributed by atoms with Crippen molar-refractivity contribution in [1.29, 1.82) is 0 Å². The first kappa shape index (κ1) is 18.3. The fourth-order valence-electron chi connectivity index (χ4n) is 4.25. The first-order chi connectivity index (χ1) is 11.9. The second-order valence-corrected chi connectivity index (χ2v) is 8.47. The zero-order valence-electron chi connectivity index (χ0n) is 15.5. The van der Waals surface area contributed by atoms with Crippen molar-refractivity contribution in [2.24, 2.45) is 17.3 Å². The molecule has 3 aliphatic carbocycles. The van der Waals surface area contributed by atoms with Crippen molar-refractivity contribution in [3.05, 3.63) is 40.9 Å². The van der Waals surface area contributed by atoms with Gasteiger partial charge in [0.05, 0.1) is 0 Å². The maximum atomic E-state index is 12.8. The van der Waals surface area contributed by atoms with Crippen molar-refractivity contribution in [3.8, 4) is 0 Å². The molecule has 2 amide bonds. The Morgan fingerprint density at radius 1 is 1.40 bits per heavy atom. The molecule has 0 saturated heterocycles. The number of benzene rings is 1.